The monoisotopic (exact) mass is 408 g/mol. The van der Waals surface area contributed by atoms with Gasteiger partial charge < -0.3 is 9.55 Å². The Labute approximate surface area is 117 Å². The molecule has 0 radical (unpaired) electrons. The molecule has 1 aliphatic heterocycles. The number of hydrogen-bond donors (Lipinski definition) is 1. The molecule has 0 atom stereocenters. The molecule has 3 nitrogen and oxygen atoms in total. The summed E-state index contributed by atoms with van der Waals surface area (Å²) in [6, 6.07) is 0. The first kappa shape index (κ1) is 11.0. The van der Waals surface area contributed by atoms with E-state index in [1.54, 1.807) is 0 Å². The summed E-state index contributed by atoms with van der Waals surface area (Å²) in [5.41, 5.74) is 1.82. The highest BCUT2D eigenvalue weighted by Gasteiger charge is 2.22. The van der Waals surface area contributed by atoms with E-state index in [-0.39, 0.29) is 5.56 Å². The summed E-state index contributed by atoms with van der Waals surface area (Å²) in [5, 5.41) is 0.935. The van der Waals surface area contributed by atoms with Crippen molar-refractivity contribution in [1.29, 1.82) is 0 Å². The summed E-state index contributed by atoms with van der Waals surface area (Å²) in [7, 11) is 0. The fourth-order valence-corrected chi connectivity index (χ4v) is 4.19. The number of halogens is 3. The Bertz CT molecular complexity index is 656. The maximum absolute atomic E-state index is 12.2. The Balaban J connectivity index is 2.59. The van der Waals surface area contributed by atoms with Crippen LogP contribution in [0.3, 0.4) is 0 Å². The number of H-pyrrole nitrogens is 1. The van der Waals surface area contributed by atoms with Crippen LogP contribution in [0.2, 0.25) is 0 Å². The molecule has 0 saturated carbocycles. The fraction of sp³-hybridized carbons (Fsp3) is 0.300. The Morgan fingerprint density at radius 2 is 1.94 bits per heavy atom. The highest BCUT2D eigenvalue weighted by Crippen LogP contribution is 2.37. The summed E-state index contributed by atoms with van der Waals surface area (Å²) in [6.07, 6.45) is 2.00. The maximum Gasteiger partial charge on any atom is 0.275 e. The first-order valence-electron chi connectivity index (χ1n) is 4.89. The minimum Gasteiger partial charge on any atom is -0.344 e. The molecule has 0 amide bonds. The molecule has 3 rings (SSSR count). The molecule has 0 aliphatic carbocycles. The lowest BCUT2D eigenvalue weighted by atomic mass is 10.2. The van der Waals surface area contributed by atoms with Crippen molar-refractivity contribution in [3.05, 3.63) is 29.6 Å². The van der Waals surface area contributed by atoms with Crippen molar-refractivity contribution in [3.63, 3.8) is 0 Å². The third-order valence-corrected chi connectivity index (χ3v) is 5.72. The summed E-state index contributed by atoms with van der Waals surface area (Å²) >= 11 is 10.5. The molecule has 2 aromatic rings. The zero-order valence-corrected chi connectivity index (χ0v) is 12.9. The van der Waals surface area contributed by atoms with Crippen molar-refractivity contribution in [1.82, 2.24) is 9.55 Å². The van der Waals surface area contributed by atoms with Gasteiger partial charge in [0, 0.05) is 22.1 Å². The molecular weight excluding hydrogens is 404 g/mol. The van der Waals surface area contributed by atoms with Gasteiger partial charge in [0.25, 0.3) is 5.56 Å². The van der Waals surface area contributed by atoms with Gasteiger partial charge in [0.05, 0.1) is 9.08 Å². The fourth-order valence-electron chi connectivity index (χ4n) is 2.22. The lowest BCUT2D eigenvalue weighted by molar-refractivity contribution is 0.724. The highest BCUT2D eigenvalue weighted by molar-refractivity contribution is 9.13. The number of rotatable bonds is 0. The van der Waals surface area contributed by atoms with Crippen LogP contribution in [0.4, 0.5) is 0 Å². The van der Waals surface area contributed by atoms with E-state index in [9.17, 15) is 4.79 Å². The van der Waals surface area contributed by atoms with Crippen molar-refractivity contribution in [3.8, 4) is 0 Å². The molecule has 16 heavy (non-hydrogen) atoms. The minimum absolute atomic E-state index is 0.0668. The van der Waals surface area contributed by atoms with E-state index in [1.165, 1.54) is 0 Å². The highest BCUT2D eigenvalue weighted by atomic mass is 79.9. The van der Waals surface area contributed by atoms with Crippen LogP contribution >= 0.6 is 47.8 Å². The lowest BCUT2D eigenvalue weighted by Gasteiger charge is -2.06. The molecule has 2 aromatic heterocycles. The van der Waals surface area contributed by atoms with Gasteiger partial charge in [-0.3, -0.25) is 4.79 Å². The predicted molar refractivity (Wildman–Crippen MR) is 74.0 cm³/mol. The average Bonchev–Trinajstić information content (AvgIpc) is 2.83. The molecule has 6 heteroatoms. The van der Waals surface area contributed by atoms with Crippen molar-refractivity contribution in [2.45, 2.75) is 19.4 Å². The number of aromatic amines is 1. The zero-order valence-electron chi connectivity index (χ0n) is 8.11. The van der Waals surface area contributed by atoms with Gasteiger partial charge in [0.2, 0.25) is 0 Å². The SMILES string of the molecule is O=c1c2[nH]c(Br)c(Br)c2c(Br)c2n1CCC2. The third kappa shape index (κ3) is 1.32. The number of nitrogens with zero attached hydrogens (tertiary/aromatic N) is 1. The molecule has 1 aliphatic rings. The van der Waals surface area contributed by atoms with Crippen molar-refractivity contribution >= 4 is 58.7 Å². The Morgan fingerprint density at radius 1 is 1.19 bits per heavy atom. The molecule has 0 aromatic carbocycles. The van der Waals surface area contributed by atoms with Gasteiger partial charge in [-0.2, -0.15) is 0 Å². The van der Waals surface area contributed by atoms with Gasteiger partial charge in [0.15, 0.2) is 0 Å². The van der Waals surface area contributed by atoms with Crippen LogP contribution in [0.15, 0.2) is 18.3 Å². The second-order valence-electron chi connectivity index (χ2n) is 3.82. The third-order valence-electron chi connectivity index (χ3n) is 2.95. The molecule has 0 fully saturated rings. The average molecular weight is 411 g/mol. The van der Waals surface area contributed by atoms with Crippen LogP contribution < -0.4 is 5.56 Å². The Kier molecular flexibility index (Phi) is 2.56. The number of nitrogens with one attached hydrogen (secondary N) is 1. The van der Waals surface area contributed by atoms with E-state index >= 15 is 0 Å². The van der Waals surface area contributed by atoms with E-state index in [0.29, 0.717) is 5.52 Å². The first-order chi connectivity index (χ1) is 7.61. The van der Waals surface area contributed by atoms with Crippen molar-refractivity contribution < 1.29 is 0 Å². The van der Waals surface area contributed by atoms with Crippen LogP contribution in [-0.2, 0) is 13.0 Å². The first-order valence-corrected chi connectivity index (χ1v) is 7.27. The number of fused-ring (bicyclic) bond motifs is 2. The molecule has 0 bridgehead atoms. The van der Waals surface area contributed by atoms with Gasteiger partial charge in [-0.15, -0.1) is 0 Å². The van der Waals surface area contributed by atoms with E-state index in [2.05, 4.69) is 52.8 Å². The van der Waals surface area contributed by atoms with Crippen molar-refractivity contribution in [2.24, 2.45) is 0 Å². The molecule has 84 valence electrons. The smallest absolute Gasteiger partial charge is 0.275 e. The molecule has 0 unspecified atom stereocenters. The van der Waals surface area contributed by atoms with Gasteiger partial charge in [-0.05, 0) is 60.6 Å². The molecule has 3 heterocycles. The Morgan fingerprint density at radius 3 is 2.69 bits per heavy atom. The normalized spacial score (nSPS) is 14.7. The van der Waals surface area contributed by atoms with Gasteiger partial charge in [-0.25, -0.2) is 0 Å². The number of pyridine rings is 1. The molecule has 0 saturated heterocycles. The van der Waals surface area contributed by atoms with Crippen LogP contribution in [0.5, 0.6) is 0 Å². The maximum atomic E-state index is 12.2. The van der Waals surface area contributed by atoms with Gasteiger partial charge in [-0.1, -0.05) is 0 Å². The molecular formula is C10H7Br3N2O. The largest absolute Gasteiger partial charge is 0.344 e. The summed E-state index contributed by atoms with van der Waals surface area (Å²) < 4.78 is 4.58. The summed E-state index contributed by atoms with van der Waals surface area (Å²) in [4.78, 5) is 15.3. The zero-order chi connectivity index (χ0) is 11.4. The van der Waals surface area contributed by atoms with Crippen LogP contribution in [0.25, 0.3) is 10.9 Å². The summed E-state index contributed by atoms with van der Waals surface area (Å²) in [5.74, 6) is 0. The van der Waals surface area contributed by atoms with Crippen LogP contribution in [-0.4, -0.2) is 9.55 Å². The van der Waals surface area contributed by atoms with Crippen molar-refractivity contribution in [2.75, 3.05) is 0 Å². The quantitative estimate of drug-likeness (QED) is 0.708. The predicted octanol–water partition coefficient (Wildman–Crippen LogP) is 3.56. The summed E-state index contributed by atoms with van der Waals surface area (Å²) in [6.45, 7) is 0.816. The minimum atomic E-state index is 0.0668. The Hall–Kier alpha value is -0.0700. The molecule has 0 spiro atoms. The number of aromatic nitrogens is 2. The topological polar surface area (TPSA) is 37.8 Å². The van der Waals surface area contributed by atoms with Gasteiger partial charge in [0.1, 0.15) is 5.52 Å². The standard InChI is InChI=1S/C10H7Br3N2O/c11-6-4-2-1-3-15(4)10(16)8-5(6)7(12)9(13)14-8/h14H,1-3H2. The second-order valence-corrected chi connectivity index (χ2v) is 6.20. The second kappa shape index (κ2) is 3.71. The molecule has 1 N–H and O–H groups in total. The number of hydrogen-bond acceptors (Lipinski definition) is 1. The van der Waals surface area contributed by atoms with E-state index in [0.717, 1.165) is 44.0 Å². The van der Waals surface area contributed by atoms with E-state index in [4.69, 9.17) is 0 Å². The van der Waals surface area contributed by atoms with E-state index in [1.807, 2.05) is 4.57 Å². The van der Waals surface area contributed by atoms with Gasteiger partial charge >= 0.3 is 0 Å². The lowest BCUT2D eigenvalue weighted by Crippen LogP contribution is -2.20. The van der Waals surface area contributed by atoms with Crippen LogP contribution in [0.1, 0.15) is 12.1 Å². The van der Waals surface area contributed by atoms with Crippen LogP contribution in [0, 0.1) is 0 Å². The van der Waals surface area contributed by atoms with E-state index < -0.39 is 0 Å².